The number of carboxylic acids is 1. The summed E-state index contributed by atoms with van der Waals surface area (Å²) in [5.74, 6) is -2.00. The number of aliphatic carboxylic acids is 1. The van der Waals surface area contributed by atoms with Crippen molar-refractivity contribution < 1.29 is 14.7 Å². The Kier molecular flexibility index (Phi) is 4.94. The Labute approximate surface area is 116 Å². The number of ketones is 1. The van der Waals surface area contributed by atoms with Gasteiger partial charge in [0.1, 0.15) is 5.41 Å². The van der Waals surface area contributed by atoms with Gasteiger partial charge < -0.3 is 5.11 Å². The number of hydrogen-bond acceptors (Lipinski definition) is 4. The molecule has 0 saturated heterocycles. The molecule has 0 heterocycles. The van der Waals surface area contributed by atoms with Gasteiger partial charge in [0.25, 0.3) is 0 Å². The maximum atomic E-state index is 12.4. The Bertz CT molecular complexity index is 550. The van der Waals surface area contributed by atoms with E-state index in [4.69, 9.17) is 17.3 Å². The van der Waals surface area contributed by atoms with E-state index in [-0.39, 0.29) is 18.6 Å². The van der Waals surface area contributed by atoms with Crippen LogP contribution in [0.15, 0.2) is 29.9 Å². The minimum atomic E-state index is -1.34. The summed E-state index contributed by atoms with van der Waals surface area (Å²) in [6, 6.07) is 1.93. The molecule has 0 aromatic rings. The molecule has 19 heavy (non-hydrogen) atoms. The fourth-order valence-electron chi connectivity index (χ4n) is 1.80. The number of thiocarbonyl (C=S) groups is 1. The molecule has 5 heteroatoms. The third kappa shape index (κ3) is 3.47. The van der Waals surface area contributed by atoms with E-state index < -0.39 is 17.3 Å². The van der Waals surface area contributed by atoms with Gasteiger partial charge in [-0.15, -0.1) is 0 Å². The van der Waals surface area contributed by atoms with E-state index in [1.807, 2.05) is 6.07 Å². The molecule has 0 saturated carbocycles. The number of carbonyl (C=O) groups excluding carboxylic acids is 1. The SMILES string of the molecule is CC(C#N)(CCC(=O)O)C(=O)C1C=CC=CC1=C=S. The van der Waals surface area contributed by atoms with Crippen molar-refractivity contribution >= 4 is 29.0 Å². The number of carbonyl (C=O) groups is 2. The van der Waals surface area contributed by atoms with Crippen molar-refractivity contribution in [1.82, 2.24) is 0 Å². The van der Waals surface area contributed by atoms with Gasteiger partial charge in [-0.25, -0.2) is 0 Å². The van der Waals surface area contributed by atoms with Crippen molar-refractivity contribution in [2.45, 2.75) is 19.8 Å². The molecule has 0 spiro atoms. The van der Waals surface area contributed by atoms with Crippen molar-refractivity contribution in [2.75, 3.05) is 0 Å². The van der Waals surface area contributed by atoms with Crippen LogP contribution in [0.2, 0.25) is 0 Å². The number of rotatable bonds is 5. The second-order valence-corrected chi connectivity index (χ2v) is 4.69. The first kappa shape index (κ1) is 15.0. The van der Waals surface area contributed by atoms with Crippen molar-refractivity contribution in [1.29, 1.82) is 5.26 Å². The van der Waals surface area contributed by atoms with Crippen LogP contribution in [0.25, 0.3) is 0 Å². The molecule has 98 valence electrons. The molecular weight excluding hydrogens is 262 g/mol. The number of carboxylic acid groups (broad SMARTS) is 1. The van der Waals surface area contributed by atoms with Gasteiger partial charge >= 0.3 is 5.97 Å². The van der Waals surface area contributed by atoms with E-state index in [1.165, 1.54) is 6.92 Å². The van der Waals surface area contributed by atoms with E-state index in [1.54, 1.807) is 24.3 Å². The van der Waals surface area contributed by atoms with Gasteiger partial charge in [-0.1, -0.05) is 18.2 Å². The lowest BCUT2D eigenvalue weighted by Gasteiger charge is -2.24. The third-order valence-corrected chi connectivity index (χ3v) is 3.29. The van der Waals surface area contributed by atoms with Gasteiger partial charge in [0.15, 0.2) is 5.78 Å². The summed E-state index contributed by atoms with van der Waals surface area (Å²) in [6.07, 6.45) is 6.51. The molecule has 1 aliphatic carbocycles. The zero-order valence-electron chi connectivity index (χ0n) is 10.4. The minimum absolute atomic E-state index is 0.0174. The van der Waals surface area contributed by atoms with Crippen LogP contribution in [0.4, 0.5) is 0 Å². The lowest BCUT2D eigenvalue weighted by Crippen LogP contribution is -2.33. The summed E-state index contributed by atoms with van der Waals surface area (Å²) >= 11 is 4.73. The molecule has 2 atom stereocenters. The molecule has 2 unspecified atom stereocenters. The van der Waals surface area contributed by atoms with Crippen LogP contribution in [0.5, 0.6) is 0 Å². The zero-order chi connectivity index (χ0) is 14.5. The van der Waals surface area contributed by atoms with Crippen molar-refractivity contribution in [3.63, 3.8) is 0 Å². The smallest absolute Gasteiger partial charge is 0.303 e. The van der Waals surface area contributed by atoms with E-state index in [0.717, 1.165) is 0 Å². The normalized spacial score (nSPS) is 20.2. The molecule has 4 nitrogen and oxygen atoms in total. The molecule has 0 aromatic carbocycles. The van der Waals surface area contributed by atoms with Crippen LogP contribution in [0.1, 0.15) is 19.8 Å². The van der Waals surface area contributed by atoms with E-state index in [2.05, 4.69) is 5.02 Å². The molecule has 1 aliphatic rings. The van der Waals surface area contributed by atoms with Crippen LogP contribution in [-0.4, -0.2) is 21.9 Å². The first-order valence-electron chi connectivity index (χ1n) is 5.72. The molecule has 1 rings (SSSR count). The topological polar surface area (TPSA) is 78.2 Å². The Hall–Kier alpha value is -2.02. The fraction of sp³-hybridized carbons (Fsp3) is 0.357. The Morgan fingerprint density at radius 3 is 2.74 bits per heavy atom. The monoisotopic (exact) mass is 275 g/mol. The predicted molar refractivity (Wildman–Crippen MR) is 73.5 cm³/mol. The van der Waals surface area contributed by atoms with Crippen molar-refractivity contribution in [2.24, 2.45) is 11.3 Å². The molecular formula is C14H13NO3S. The Morgan fingerprint density at radius 1 is 1.53 bits per heavy atom. The molecule has 0 radical (unpaired) electrons. The standard InChI is InChI=1S/C14H13NO3S/c1-14(9-15,7-6-12(16)17)13(18)11-5-3-2-4-10(11)8-19/h2-5,11H,6-7H2,1H3,(H,16,17). The molecule has 1 N–H and O–H groups in total. The van der Waals surface area contributed by atoms with E-state index in [0.29, 0.717) is 5.57 Å². The largest absolute Gasteiger partial charge is 0.481 e. The van der Waals surface area contributed by atoms with Crippen LogP contribution in [0, 0.1) is 22.7 Å². The highest BCUT2D eigenvalue weighted by Gasteiger charge is 2.38. The minimum Gasteiger partial charge on any atom is -0.481 e. The Balaban J connectivity index is 2.99. The summed E-state index contributed by atoms with van der Waals surface area (Å²) in [4.78, 5) is 23.0. The number of hydrogen-bond donors (Lipinski definition) is 1. The molecule has 0 bridgehead atoms. The van der Waals surface area contributed by atoms with Crippen molar-refractivity contribution in [3.05, 3.63) is 29.9 Å². The predicted octanol–water partition coefficient (Wildman–Crippen LogP) is 2.22. The maximum Gasteiger partial charge on any atom is 0.303 e. The highest BCUT2D eigenvalue weighted by atomic mass is 32.1. The van der Waals surface area contributed by atoms with E-state index >= 15 is 0 Å². The number of Topliss-reactive ketones (excluding diaryl/α,β-unsaturated/α-hetero) is 1. The van der Waals surface area contributed by atoms with Gasteiger partial charge in [-0.05, 0) is 36.7 Å². The van der Waals surface area contributed by atoms with Gasteiger partial charge in [-0.3, -0.25) is 9.59 Å². The average molecular weight is 275 g/mol. The van der Waals surface area contributed by atoms with Gasteiger partial charge in [-0.2, -0.15) is 5.26 Å². The zero-order valence-corrected chi connectivity index (χ0v) is 11.2. The summed E-state index contributed by atoms with van der Waals surface area (Å²) in [5.41, 5.74) is -0.810. The second kappa shape index (κ2) is 6.24. The molecule has 0 fully saturated rings. The second-order valence-electron chi connectivity index (χ2n) is 4.48. The highest BCUT2D eigenvalue weighted by molar-refractivity contribution is 7.78. The first-order chi connectivity index (χ1) is 8.94. The van der Waals surface area contributed by atoms with Gasteiger partial charge in [0, 0.05) is 12.0 Å². The van der Waals surface area contributed by atoms with Crippen LogP contribution in [-0.2, 0) is 9.59 Å². The Morgan fingerprint density at radius 2 is 2.21 bits per heavy atom. The third-order valence-electron chi connectivity index (χ3n) is 3.06. The number of nitriles is 1. The molecule has 0 amide bonds. The summed E-state index contributed by atoms with van der Waals surface area (Å²) < 4.78 is 0. The summed E-state index contributed by atoms with van der Waals surface area (Å²) in [5, 5.41) is 20.4. The fourth-order valence-corrected chi connectivity index (χ4v) is 2.00. The van der Waals surface area contributed by atoms with Crippen LogP contribution in [0.3, 0.4) is 0 Å². The highest BCUT2D eigenvalue weighted by Crippen LogP contribution is 2.31. The van der Waals surface area contributed by atoms with E-state index in [9.17, 15) is 14.9 Å². The number of allylic oxidation sites excluding steroid dienone is 5. The quantitative estimate of drug-likeness (QED) is 0.778. The summed E-state index contributed by atoms with van der Waals surface area (Å²) in [7, 11) is 0. The number of nitrogens with zero attached hydrogens (tertiary/aromatic N) is 1. The van der Waals surface area contributed by atoms with Crippen LogP contribution < -0.4 is 0 Å². The van der Waals surface area contributed by atoms with Crippen molar-refractivity contribution in [3.8, 4) is 6.07 Å². The summed E-state index contributed by atoms with van der Waals surface area (Å²) in [6.45, 7) is 1.46. The van der Waals surface area contributed by atoms with Gasteiger partial charge in [0.2, 0.25) is 0 Å². The van der Waals surface area contributed by atoms with Gasteiger partial charge in [0.05, 0.1) is 12.0 Å². The maximum absolute atomic E-state index is 12.4. The average Bonchev–Trinajstić information content (AvgIpc) is 2.43. The molecule has 0 aliphatic heterocycles. The lowest BCUT2D eigenvalue weighted by molar-refractivity contribution is -0.138. The lowest BCUT2D eigenvalue weighted by atomic mass is 9.74. The first-order valence-corrected chi connectivity index (χ1v) is 6.12. The van der Waals surface area contributed by atoms with Crippen LogP contribution >= 0.6 is 12.2 Å². The molecule has 0 aromatic heterocycles.